The summed E-state index contributed by atoms with van der Waals surface area (Å²) >= 11 is 0. The molecule has 18 heavy (non-hydrogen) atoms. The highest BCUT2D eigenvalue weighted by atomic mass is 16.2. The Labute approximate surface area is 105 Å². The van der Waals surface area contributed by atoms with Crippen LogP contribution in [0.2, 0.25) is 0 Å². The molecular weight excluding hydrogens is 232 g/mol. The number of aromatic nitrogens is 5. The summed E-state index contributed by atoms with van der Waals surface area (Å²) in [5.74, 6) is 0.630. The molecule has 0 aliphatic rings. The summed E-state index contributed by atoms with van der Waals surface area (Å²) < 4.78 is 1.90. The Bertz CT molecular complexity index is 503. The maximum Gasteiger partial charge on any atom is 0.291 e. The van der Waals surface area contributed by atoms with E-state index < -0.39 is 0 Å². The minimum Gasteiger partial charge on any atom is -0.345 e. The molecule has 7 heteroatoms. The summed E-state index contributed by atoms with van der Waals surface area (Å²) in [6, 6.07) is -0.0183. The number of aryl methyl sites for hydroxylation is 1. The number of hydrogen-bond acceptors (Lipinski definition) is 4. The lowest BCUT2D eigenvalue weighted by atomic mass is 10.3. The van der Waals surface area contributed by atoms with Crippen molar-refractivity contribution in [1.82, 2.24) is 30.0 Å². The Morgan fingerprint density at radius 3 is 3.06 bits per heavy atom. The maximum atomic E-state index is 11.8. The van der Waals surface area contributed by atoms with E-state index in [-0.39, 0.29) is 17.8 Å². The van der Waals surface area contributed by atoms with Crippen LogP contribution in [0.15, 0.2) is 18.7 Å². The number of carbonyl (C=O) groups is 1. The minimum absolute atomic E-state index is 0.0183. The van der Waals surface area contributed by atoms with E-state index in [1.807, 2.05) is 24.6 Å². The Hall–Kier alpha value is -2.18. The molecule has 0 aromatic carbocycles. The number of nitrogens with one attached hydrogen (secondary N) is 2. The molecule has 0 bridgehead atoms. The molecule has 1 unspecified atom stereocenters. The number of H-pyrrole nitrogens is 1. The highest BCUT2D eigenvalue weighted by molar-refractivity contribution is 5.90. The van der Waals surface area contributed by atoms with Gasteiger partial charge in [0, 0.05) is 31.4 Å². The van der Waals surface area contributed by atoms with E-state index in [0.717, 1.165) is 6.42 Å². The van der Waals surface area contributed by atoms with Crippen LogP contribution >= 0.6 is 0 Å². The van der Waals surface area contributed by atoms with Crippen molar-refractivity contribution in [2.45, 2.75) is 32.9 Å². The van der Waals surface area contributed by atoms with Gasteiger partial charge < -0.3 is 9.88 Å². The third-order valence-corrected chi connectivity index (χ3v) is 2.49. The topological polar surface area (TPSA) is 88.5 Å². The molecule has 0 fully saturated rings. The van der Waals surface area contributed by atoms with E-state index in [9.17, 15) is 4.79 Å². The van der Waals surface area contributed by atoms with E-state index in [2.05, 4.69) is 25.5 Å². The first-order valence-electron chi connectivity index (χ1n) is 5.87. The van der Waals surface area contributed by atoms with E-state index in [4.69, 9.17) is 0 Å². The Balaban J connectivity index is 1.90. The zero-order chi connectivity index (χ0) is 13.0. The molecule has 7 nitrogen and oxygen atoms in total. The second-order valence-electron chi connectivity index (χ2n) is 4.09. The Morgan fingerprint density at radius 2 is 2.44 bits per heavy atom. The molecule has 2 N–H and O–H groups in total. The fourth-order valence-corrected chi connectivity index (χ4v) is 1.60. The van der Waals surface area contributed by atoms with Crippen LogP contribution in [0.1, 0.15) is 30.3 Å². The van der Waals surface area contributed by atoms with Crippen molar-refractivity contribution in [2.24, 2.45) is 0 Å². The van der Waals surface area contributed by atoms with Crippen LogP contribution in [0, 0.1) is 0 Å². The van der Waals surface area contributed by atoms with E-state index in [0.29, 0.717) is 12.4 Å². The van der Waals surface area contributed by atoms with Crippen LogP contribution in [0.4, 0.5) is 0 Å². The number of rotatable bonds is 5. The summed E-state index contributed by atoms with van der Waals surface area (Å²) in [5, 5.41) is 9.43. The van der Waals surface area contributed by atoms with Crippen LogP contribution in [0.3, 0.4) is 0 Å². The summed E-state index contributed by atoms with van der Waals surface area (Å²) in [6.45, 7) is 4.53. The van der Waals surface area contributed by atoms with Gasteiger partial charge in [0.1, 0.15) is 5.82 Å². The Kier molecular flexibility index (Phi) is 3.71. The molecule has 0 saturated carbocycles. The fraction of sp³-hybridized carbons (Fsp3) is 0.455. The molecule has 0 radical (unpaired) electrons. The number of hydrogen-bond donors (Lipinski definition) is 2. The van der Waals surface area contributed by atoms with E-state index in [1.165, 1.54) is 0 Å². The standard InChI is InChI=1S/C11H16N6O/c1-3-9-14-10(16-15-9)11(18)13-8(2)6-17-5-4-12-7-17/h4-5,7-8H,3,6H2,1-2H3,(H,13,18)(H,14,15,16). The van der Waals surface area contributed by atoms with Crippen molar-refractivity contribution in [3.05, 3.63) is 30.4 Å². The highest BCUT2D eigenvalue weighted by Gasteiger charge is 2.14. The van der Waals surface area contributed by atoms with Gasteiger partial charge in [-0.3, -0.25) is 9.89 Å². The monoisotopic (exact) mass is 248 g/mol. The molecular formula is C11H16N6O. The van der Waals surface area contributed by atoms with Gasteiger partial charge in [-0.25, -0.2) is 9.97 Å². The second kappa shape index (κ2) is 5.44. The van der Waals surface area contributed by atoms with Gasteiger partial charge in [0.25, 0.3) is 5.91 Å². The van der Waals surface area contributed by atoms with Crippen LogP contribution in [0.5, 0.6) is 0 Å². The molecule has 2 heterocycles. The lowest BCUT2D eigenvalue weighted by Crippen LogP contribution is -2.36. The van der Waals surface area contributed by atoms with E-state index >= 15 is 0 Å². The number of imidazole rings is 1. The molecule has 2 rings (SSSR count). The van der Waals surface area contributed by atoms with Crippen LogP contribution in [0.25, 0.3) is 0 Å². The lowest BCUT2D eigenvalue weighted by Gasteiger charge is -2.12. The zero-order valence-corrected chi connectivity index (χ0v) is 10.4. The molecule has 0 aliphatic heterocycles. The molecule has 1 amide bonds. The van der Waals surface area contributed by atoms with Crippen LogP contribution in [-0.4, -0.2) is 36.7 Å². The maximum absolute atomic E-state index is 11.8. The van der Waals surface area contributed by atoms with Crippen molar-refractivity contribution < 1.29 is 4.79 Å². The average Bonchev–Trinajstić information content (AvgIpc) is 2.98. The SMILES string of the molecule is CCc1nc(C(=O)NC(C)Cn2ccnc2)n[nH]1. The van der Waals surface area contributed by atoms with Gasteiger partial charge in [-0.05, 0) is 6.92 Å². The summed E-state index contributed by atoms with van der Waals surface area (Å²) in [5.41, 5.74) is 0. The van der Waals surface area contributed by atoms with Crippen molar-refractivity contribution in [3.63, 3.8) is 0 Å². The predicted octanol–water partition coefficient (Wildman–Crippen LogP) is 0.382. The first-order valence-corrected chi connectivity index (χ1v) is 5.87. The first kappa shape index (κ1) is 12.3. The van der Waals surface area contributed by atoms with Gasteiger partial charge >= 0.3 is 0 Å². The normalized spacial score (nSPS) is 12.3. The van der Waals surface area contributed by atoms with Crippen LogP contribution in [-0.2, 0) is 13.0 Å². The molecule has 96 valence electrons. The molecule has 2 aromatic rings. The quantitative estimate of drug-likeness (QED) is 0.800. The van der Waals surface area contributed by atoms with Gasteiger partial charge in [0.05, 0.1) is 6.33 Å². The van der Waals surface area contributed by atoms with Gasteiger partial charge in [-0.15, -0.1) is 5.10 Å². The lowest BCUT2D eigenvalue weighted by molar-refractivity contribution is 0.0926. The van der Waals surface area contributed by atoms with Gasteiger partial charge in [-0.1, -0.05) is 6.92 Å². The van der Waals surface area contributed by atoms with Gasteiger partial charge in [0.2, 0.25) is 5.82 Å². The third-order valence-electron chi connectivity index (χ3n) is 2.49. The minimum atomic E-state index is -0.265. The predicted molar refractivity (Wildman–Crippen MR) is 64.9 cm³/mol. The second-order valence-corrected chi connectivity index (χ2v) is 4.09. The van der Waals surface area contributed by atoms with Crippen molar-refractivity contribution in [3.8, 4) is 0 Å². The van der Waals surface area contributed by atoms with Crippen molar-refractivity contribution in [1.29, 1.82) is 0 Å². The molecule has 1 atom stereocenters. The van der Waals surface area contributed by atoms with Crippen molar-refractivity contribution >= 4 is 5.91 Å². The number of carbonyl (C=O) groups excluding carboxylic acids is 1. The summed E-state index contributed by atoms with van der Waals surface area (Å²) in [7, 11) is 0. The van der Waals surface area contributed by atoms with Crippen molar-refractivity contribution in [2.75, 3.05) is 0 Å². The Morgan fingerprint density at radius 1 is 1.61 bits per heavy atom. The molecule has 0 saturated heterocycles. The third kappa shape index (κ3) is 2.93. The summed E-state index contributed by atoms with van der Waals surface area (Å²) in [4.78, 5) is 19.9. The highest BCUT2D eigenvalue weighted by Crippen LogP contribution is 1.96. The smallest absolute Gasteiger partial charge is 0.291 e. The average molecular weight is 248 g/mol. The number of amides is 1. The van der Waals surface area contributed by atoms with Crippen LogP contribution < -0.4 is 5.32 Å². The van der Waals surface area contributed by atoms with Gasteiger partial charge in [-0.2, -0.15) is 0 Å². The number of nitrogens with zero attached hydrogens (tertiary/aromatic N) is 4. The number of aromatic amines is 1. The van der Waals surface area contributed by atoms with Gasteiger partial charge in [0.15, 0.2) is 0 Å². The molecule has 2 aromatic heterocycles. The zero-order valence-electron chi connectivity index (χ0n) is 10.4. The molecule has 0 spiro atoms. The molecule has 0 aliphatic carbocycles. The summed E-state index contributed by atoms with van der Waals surface area (Å²) in [6.07, 6.45) is 6.00. The largest absolute Gasteiger partial charge is 0.345 e. The van der Waals surface area contributed by atoms with E-state index in [1.54, 1.807) is 12.5 Å². The first-order chi connectivity index (χ1) is 8.69. The fourth-order valence-electron chi connectivity index (χ4n) is 1.60.